The van der Waals surface area contributed by atoms with Crippen LogP contribution >= 0.6 is 0 Å². The van der Waals surface area contributed by atoms with Crippen molar-refractivity contribution in [3.05, 3.63) is 24.3 Å². The normalized spacial score (nSPS) is 9.71. The largest absolute Gasteiger partial charge is 0.497 e. The summed E-state index contributed by atoms with van der Waals surface area (Å²) in [5.74, 6) is -0.0911. The van der Waals surface area contributed by atoms with Crippen molar-refractivity contribution in [2.75, 3.05) is 25.5 Å². The lowest BCUT2D eigenvalue weighted by Crippen LogP contribution is -2.34. The fourth-order valence-corrected chi connectivity index (χ4v) is 1.21. The monoisotopic (exact) mass is 237 g/mol. The molecule has 92 valence electrons. The highest BCUT2D eigenvalue weighted by molar-refractivity contribution is 5.92. The van der Waals surface area contributed by atoms with Crippen molar-refractivity contribution in [1.82, 2.24) is 5.32 Å². The molecule has 0 aliphatic rings. The van der Waals surface area contributed by atoms with Gasteiger partial charge in [0.25, 0.3) is 0 Å². The molecule has 0 aliphatic carbocycles. The summed E-state index contributed by atoms with van der Waals surface area (Å²) < 4.78 is 5.02. The predicted molar refractivity (Wildman–Crippen MR) is 63.7 cm³/mol. The van der Waals surface area contributed by atoms with E-state index in [1.807, 2.05) is 0 Å². The zero-order valence-electron chi connectivity index (χ0n) is 9.53. The van der Waals surface area contributed by atoms with Gasteiger partial charge in [-0.25, -0.2) is 0 Å². The van der Waals surface area contributed by atoms with Crippen LogP contribution in [0.1, 0.15) is 0 Å². The Hall–Kier alpha value is -2.08. The Morgan fingerprint density at radius 2 is 2.12 bits per heavy atom. The first-order valence-electron chi connectivity index (χ1n) is 5.04. The van der Waals surface area contributed by atoms with Crippen molar-refractivity contribution >= 4 is 17.5 Å². The van der Waals surface area contributed by atoms with Crippen LogP contribution in [0, 0.1) is 0 Å². The Labute approximate surface area is 99.1 Å². The standard InChI is InChI=1S/C11H15N3O3/c1-17-9-4-2-3-8(5-9)14-11(16)7-13-6-10(12)15/h2-5,13H,6-7H2,1H3,(H2,12,15)(H,14,16). The topological polar surface area (TPSA) is 93.4 Å². The molecule has 0 aliphatic heterocycles. The number of nitrogens with one attached hydrogen (secondary N) is 2. The third-order valence-corrected chi connectivity index (χ3v) is 1.94. The molecule has 1 aromatic rings. The Kier molecular flexibility index (Phi) is 4.96. The van der Waals surface area contributed by atoms with Crippen LogP contribution in [0.4, 0.5) is 5.69 Å². The van der Waals surface area contributed by atoms with Crippen LogP contribution < -0.4 is 21.1 Å². The molecule has 0 fully saturated rings. The smallest absolute Gasteiger partial charge is 0.238 e. The van der Waals surface area contributed by atoms with Gasteiger partial charge in [-0.15, -0.1) is 0 Å². The lowest BCUT2D eigenvalue weighted by Gasteiger charge is -2.07. The van der Waals surface area contributed by atoms with Crippen molar-refractivity contribution in [1.29, 1.82) is 0 Å². The third kappa shape index (κ3) is 4.98. The number of ether oxygens (including phenoxy) is 1. The second-order valence-electron chi connectivity index (χ2n) is 3.35. The highest BCUT2D eigenvalue weighted by Crippen LogP contribution is 2.16. The molecule has 0 atom stereocenters. The maximum atomic E-state index is 11.4. The first-order valence-corrected chi connectivity index (χ1v) is 5.04. The first kappa shape index (κ1) is 13.0. The zero-order valence-corrected chi connectivity index (χ0v) is 9.53. The van der Waals surface area contributed by atoms with E-state index >= 15 is 0 Å². The molecule has 0 spiro atoms. The van der Waals surface area contributed by atoms with Gasteiger partial charge in [-0.1, -0.05) is 6.07 Å². The predicted octanol–water partition coefficient (Wildman–Crippen LogP) is -0.291. The van der Waals surface area contributed by atoms with Crippen molar-refractivity contribution < 1.29 is 14.3 Å². The minimum Gasteiger partial charge on any atom is -0.497 e. The van der Waals surface area contributed by atoms with Gasteiger partial charge in [0.15, 0.2) is 0 Å². The zero-order chi connectivity index (χ0) is 12.7. The minimum absolute atomic E-state index is 0.0223. The van der Waals surface area contributed by atoms with Crippen molar-refractivity contribution in [3.8, 4) is 5.75 Å². The van der Waals surface area contributed by atoms with Crippen LogP contribution in [-0.2, 0) is 9.59 Å². The molecule has 0 unspecified atom stereocenters. The summed E-state index contributed by atoms with van der Waals surface area (Å²) in [5.41, 5.74) is 5.55. The lowest BCUT2D eigenvalue weighted by molar-refractivity contribution is -0.117. The Bertz CT molecular complexity index is 407. The first-order chi connectivity index (χ1) is 8.11. The van der Waals surface area contributed by atoms with E-state index in [2.05, 4.69) is 10.6 Å². The van der Waals surface area contributed by atoms with Crippen LogP contribution in [0.2, 0.25) is 0 Å². The Balaban J connectivity index is 2.42. The molecule has 2 amide bonds. The van der Waals surface area contributed by atoms with Gasteiger partial charge in [0.1, 0.15) is 5.75 Å². The quantitative estimate of drug-likeness (QED) is 0.633. The van der Waals surface area contributed by atoms with Crippen LogP contribution in [0.5, 0.6) is 5.75 Å². The van der Waals surface area contributed by atoms with Crippen LogP contribution in [0.15, 0.2) is 24.3 Å². The Morgan fingerprint density at radius 3 is 2.76 bits per heavy atom. The van der Waals surface area contributed by atoms with E-state index in [0.717, 1.165) is 0 Å². The molecule has 0 aromatic heterocycles. The van der Waals surface area contributed by atoms with Crippen molar-refractivity contribution in [2.45, 2.75) is 0 Å². The lowest BCUT2D eigenvalue weighted by atomic mass is 10.3. The Morgan fingerprint density at radius 1 is 1.35 bits per heavy atom. The minimum atomic E-state index is -0.501. The number of hydrogen-bond acceptors (Lipinski definition) is 4. The summed E-state index contributed by atoms with van der Waals surface area (Å²) in [6, 6.07) is 6.99. The fraction of sp³-hybridized carbons (Fsp3) is 0.273. The number of hydrogen-bond donors (Lipinski definition) is 3. The molecule has 0 heterocycles. The number of methoxy groups -OCH3 is 1. The van der Waals surface area contributed by atoms with Gasteiger partial charge in [-0.2, -0.15) is 0 Å². The summed E-state index contributed by atoms with van der Waals surface area (Å²) in [4.78, 5) is 21.9. The molecule has 4 N–H and O–H groups in total. The molecule has 6 nitrogen and oxygen atoms in total. The average Bonchev–Trinajstić information content (AvgIpc) is 2.28. The second-order valence-corrected chi connectivity index (χ2v) is 3.35. The molecular formula is C11H15N3O3. The summed E-state index contributed by atoms with van der Waals surface area (Å²) in [7, 11) is 1.55. The van der Waals surface area contributed by atoms with Crippen LogP contribution in [0.3, 0.4) is 0 Å². The van der Waals surface area contributed by atoms with E-state index in [1.54, 1.807) is 31.4 Å². The maximum Gasteiger partial charge on any atom is 0.238 e. The number of benzene rings is 1. The average molecular weight is 237 g/mol. The SMILES string of the molecule is COc1cccc(NC(=O)CNCC(N)=O)c1. The van der Waals surface area contributed by atoms with E-state index in [9.17, 15) is 9.59 Å². The molecule has 6 heteroatoms. The third-order valence-electron chi connectivity index (χ3n) is 1.94. The summed E-state index contributed by atoms with van der Waals surface area (Å²) in [6.45, 7) is 0.00564. The molecule has 0 radical (unpaired) electrons. The number of nitrogens with two attached hydrogens (primary N) is 1. The maximum absolute atomic E-state index is 11.4. The van der Waals surface area contributed by atoms with Crippen molar-refractivity contribution in [2.24, 2.45) is 5.73 Å². The molecule has 1 aromatic carbocycles. The van der Waals surface area contributed by atoms with E-state index in [0.29, 0.717) is 11.4 Å². The van der Waals surface area contributed by atoms with Gasteiger partial charge in [-0.05, 0) is 12.1 Å². The van der Waals surface area contributed by atoms with Gasteiger partial charge >= 0.3 is 0 Å². The van der Waals surface area contributed by atoms with Gasteiger partial charge in [0, 0.05) is 11.8 Å². The number of rotatable bonds is 6. The van der Waals surface area contributed by atoms with E-state index in [-0.39, 0.29) is 19.0 Å². The molecular weight excluding hydrogens is 222 g/mol. The van der Waals surface area contributed by atoms with Gasteiger partial charge < -0.3 is 15.8 Å². The molecule has 17 heavy (non-hydrogen) atoms. The van der Waals surface area contributed by atoms with Crippen LogP contribution in [0.25, 0.3) is 0 Å². The molecule has 0 bridgehead atoms. The van der Waals surface area contributed by atoms with Crippen LogP contribution in [-0.4, -0.2) is 32.0 Å². The number of carbonyl (C=O) groups is 2. The highest BCUT2D eigenvalue weighted by Gasteiger charge is 2.03. The second kappa shape index (κ2) is 6.49. The van der Waals surface area contributed by atoms with Gasteiger partial charge in [0.05, 0.1) is 20.2 Å². The van der Waals surface area contributed by atoms with E-state index in [1.165, 1.54) is 0 Å². The number of anilines is 1. The van der Waals surface area contributed by atoms with Gasteiger partial charge in [-0.3, -0.25) is 14.9 Å². The number of carbonyl (C=O) groups excluding carboxylic acids is 2. The highest BCUT2D eigenvalue weighted by atomic mass is 16.5. The van der Waals surface area contributed by atoms with Gasteiger partial charge in [0.2, 0.25) is 11.8 Å². The fourth-order valence-electron chi connectivity index (χ4n) is 1.21. The number of primary amides is 1. The van der Waals surface area contributed by atoms with E-state index < -0.39 is 5.91 Å². The molecule has 1 rings (SSSR count). The summed E-state index contributed by atoms with van der Waals surface area (Å²) >= 11 is 0. The number of amides is 2. The molecule has 0 saturated carbocycles. The molecule has 0 saturated heterocycles. The summed E-state index contributed by atoms with van der Waals surface area (Å²) in [5, 5.41) is 5.27. The van der Waals surface area contributed by atoms with E-state index in [4.69, 9.17) is 10.5 Å². The van der Waals surface area contributed by atoms with Crippen molar-refractivity contribution in [3.63, 3.8) is 0 Å². The summed E-state index contributed by atoms with van der Waals surface area (Å²) in [6.07, 6.45) is 0.